The van der Waals surface area contributed by atoms with Crippen LogP contribution < -0.4 is 11.0 Å². The van der Waals surface area contributed by atoms with Crippen molar-refractivity contribution in [2.45, 2.75) is 43.7 Å². The quantitative estimate of drug-likeness (QED) is 0.620. The minimum atomic E-state index is -1.25. The number of benzene rings is 2. The monoisotopic (exact) mass is 433 g/mol. The summed E-state index contributed by atoms with van der Waals surface area (Å²) in [6.07, 6.45) is 5.21. The standard InChI is InChI=1S/C23H23N5O2S/c29-19-23(16-10-4-1-5-11-16,17-12-6-2-7-13-17)25-20(24-19)28-22(31)27(21(30)26-28)18-14-8-3-9-15-18/h1-2,4-7,10-13,18H,3,8-9,14-15H2,(H,26,30)(H,24,25,29). The Labute approximate surface area is 184 Å². The number of nitrogens with zero attached hydrogens (tertiary/aromatic N) is 3. The first-order valence-electron chi connectivity index (χ1n) is 10.6. The fraction of sp³-hybridized carbons (Fsp3) is 0.304. The van der Waals surface area contributed by atoms with Crippen LogP contribution in [0.25, 0.3) is 0 Å². The molecule has 8 heteroatoms. The second-order valence-corrected chi connectivity index (χ2v) is 8.39. The van der Waals surface area contributed by atoms with Gasteiger partial charge in [-0.1, -0.05) is 79.9 Å². The number of H-pyrrole nitrogens is 1. The molecule has 0 bridgehead atoms. The summed E-state index contributed by atoms with van der Waals surface area (Å²) in [5.74, 6) is -0.0533. The maximum absolute atomic E-state index is 13.4. The van der Waals surface area contributed by atoms with Gasteiger partial charge in [0, 0.05) is 6.04 Å². The predicted molar refractivity (Wildman–Crippen MR) is 121 cm³/mol. The minimum absolute atomic E-state index is 0.0805. The molecule has 1 amide bonds. The normalized spacial score (nSPS) is 18.6. The lowest BCUT2D eigenvalue weighted by molar-refractivity contribution is -0.122. The molecule has 0 saturated heterocycles. The van der Waals surface area contributed by atoms with Crippen molar-refractivity contribution in [2.75, 3.05) is 0 Å². The van der Waals surface area contributed by atoms with E-state index in [4.69, 9.17) is 17.2 Å². The van der Waals surface area contributed by atoms with Gasteiger partial charge >= 0.3 is 5.69 Å². The van der Waals surface area contributed by atoms with E-state index in [0.717, 1.165) is 36.8 Å². The van der Waals surface area contributed by atoms with E-state index in [2.05, 4.69) is 10.4 Å². The molecule has 0 unspecified atom stereocenters. The highest BCUT2D eigenvalue weighted by atomic mass is 32.1. The van der Waals surface area contributed by atoms with E-state index in [1.165, 1.54) is 11.1 Å². The number of aromatic nitrogens is 3. The number of carbonyl (C=O) groups excluding carboxylic acids is 1. The SMILES string of the molecule is O=C1NC(n2[nH]c(=O)n(C3CCCCC3)c2=S)=NC1(c1ccccc1)c1ccccc1. The van der Waals surface area contributed by atoms with E-state index in [1.807, 2.05) is 60.7 Å². The highest BCUT2D eigenvalue weighted by molar-refractivity contribution is 7.71. The molecular formula is C23H23N5O2S. The van der Waals surface area contributed by atoms with Gasteiger partial charge in [-0.05, 0) is 36.2 Å². The summed E-state index contributed by atoms with van der Waals surface area (Å²) in [4.78, 5) is 31.0. The van der Waals surface area contributed by atoms with Crippen LogP contribution in [0.3, 0.4) is 0 Å². The van der Waals surface area contributed by atoms with Gasteiger partial charge < -0.3 is 0 Å². The number of aliphatic imine (C=N–C) groups is 1. The predicted octanol–water partition coefficient (Wildman–Crippen LogP) is 3.49. The van der Waals surface area contributed by atoms with Crippen LogP contribution in [-0.4, -0.2) is 26.2 Å². The number of nitrogens with one attached hydrogen (secondary N) is 2. The number of amides is 1. The van der Waals surface area contributed by atoms with Crippen molar-refractivity contribution in [1.29, 1.82) is 0 Å². The molecule has 1 aliphatic heterocycles. The van der Waals surface area contributed by atoms with Gasteiger partial charge in [-0.2, -0.15) is 4.68 Å². The molecule has 1 aliphatic carbocycles. The Morgan fingerprint density at radius 3 is 2.06 bits per heavy atom. The van der Waals surface area contributed by atoms with E-state index < -0.39 is 5.54 Å². The van der Waals surface area contributed by atoms with Crippen LogP contribution in [0.4, 0.5) is 0 Å². The molecule has 5 rings (SSSR count). The molecule has 2 aromatic carbocycles. The zero-order valence-electron chi connectivity index (χ0n) is 17.0. The highest BCUT2D eigenvalue weighted by Crippen LogP contribution is 2.37. The van der Waals surface area contributed by atoms with Crippen LogP contribution in [0.5, 0.6) is 0 Å². The van der Waals surface area contributed by atoms with Crippen LogP contribution in [0.15, 0.2) is 70.5 Å². The van der Waals surface area contributed by atoms with E-state index >= 15 is 0 Å². The minimum Gasteiger partial charge on any atom is -0.292 e. The van der Waals surface area contributed by atoms with E-state index in [1.54, 1.807) is 4.57 Å². The Kier molecular flexibility index (Phi) is 4.94. The molecule has 3 aromatic rings. The van der Waals surface area contributed by atoms with Gasteiger partial charge in [0.15, 0.2) is 5.54 Å². The lowest BCUT2D eigenvalue weighted by Gasteiger charge is -2.24. The summed E-state index contributed by atoms with van der Waals surface area (Å²) >= 11 is 5.64. The Morgan fingerprint density at radius 1 is 0.903 bits per heavy atom. The van der Waals surface area contributed by atoms with Gasteiger partial charge in [0.05, 0.1) is 0 Å². The van der Waals surface area contributed by atoms with Gasteiger partial charge in [-0.15, -0.1) is 0 Å². The molecule has 2 heterocycles. The van der Waals surface area contributed by atoms with Crippen LogP contribution in [-0.2, 0) is 10.3 Å². The van der Waals surface area contributed by atoms with Crippen molar-refractivity contribution in [3.8, 4) is 0 Å². The van der Waals surface area contributed by atoms with Gasteiger partial charge in [-0.25, -0.2) is 14.9 Å². The highest BCUT2D eigenvalue weighted by Gasteiger charge is 2.47. The summed E-state index contributed by atoms with van der Waals surface area (Å²) in [5, 5.41) is 5.65. The zero-order chi connectivity index (χ0) is 21.4. The first-order valence-corrected chi connectivity index (χ1v) is 11.0. The lowest BCUT2D eigenvalue weighted by atomic mass is 9.83. The molecule has 158 valence electrons. The van der Waals surface area contributed by atoms with Crippen molar-refractivity contribution in [3.63, 3.8) is 0 Å². The summed E-state index contributed by atoms with van der Waals surface area (Å²) in [5.41, 5.74) is -0.0365. The smallest absolute Gasteiger partial charge is 0.292 e. The van der Waals surface area contributed by atoms with Gasteiger partial charge in [0.1, 0.15) is 0 Å². The third-order valence-electron chi connectivity index (χ3n) is 6.19. The fourth-order valence-corrected chi connectivity index (χ4v) is 5.01. The first kappa shape index (κ1) is 19.7. The second-order valence-electron chi connectivity index (χ2n) is 8.03. The molecule has 2 N–H and O–H groups in total. The van der Waals surface area contributed by atoms with Crippen LogP contribution in [0.1, 0.15) is 49.3 Å². The molecule has 2 aliphatic rings. The van der Waals surface area contributed by atoms with E-state index in [-0.39, 0.29) is 23.6 Å². The van der Waals surface area contributed by atoms with Gasteiger partial charge in [0.2, 0.25) is 10.7 Å². The largest absolute Gasteiger partial charge is 0.343 e. The van der Waals surface area contributed by atoms with Crippen molar-refractivity contribution in [1.82, 2.24) is 19.7 Å². The molecule has 1 fully saturated rings. The average molecular weight is 434 g/mol. The molecule has 1 saturated carbocycles. The number of carbonyl (C=O) groups is 1. The third kappa shape index (κ3) is 3.18. The average Bonchev–Trinajstić information content (AvgIpc) is 3.32. The molecule has 1 aromatic heterocycles. The number of hydrogen-bond donors (Lipinski definition) is 2. The maximum Gasteiger partial charge on any atom is 0.343 e. The number of rotatable bonds is 3. The zero-order valence-corrected chi connectivity index (χ0v) is 17.8. The molecular weight excluding hydrogens is 410 g/mol. The van der Waals surface area contributed by atoms with Crippen molar-refractivity contribution >= 4 is 24.1 Å². The fourth-order valence-electron chi connectivity index (χ4n) is 4.65. The van der Waals surface area contributed by atoms with E-state index in [9.17, 15) is 9.59 Å². The van der Waals surface area contributed by atoms with Crippen LogP contribution >= 0.6 is 12.2 Å². The molecule has 0 radical (unpaired) electrons. The van der Waals surface area contributed by atoms with Gasteiger partial charge in [-0.3, -0.25) is 14.7 Å². The second kappa shape index (κ2) is 7.77. The Balaban J connectivity index is 1.66. The van der Waals surface area contributed by atoms with Crippen LogP contribution in [0, 0.1) is 4.77 Å². The Morgan fingerprint density at radius 2 is 1.48 bits per heavy atom. The van der Waals surface area contributed by atoms with Gasteiger partial charge in [0.25, 0.3) is 5.91 Å². The molecule has 31 heavy (non-hydrogen) atoms. The molecule has 7 nitrogen and oxygen atoms in total. The van der Waals surface area contributed by atoms with Crippen molar-refractivity contribution < 1.29 is 4.79 Å². The summed E-state index contributed by atoms with van der Waals surface area (Å²) in [6, 6.07) is 18.9. The van der Waals surface area contributed by atoms with Crippen LogP contribution in [0.2, 0.25) is 0 Å². The van der Waals surface area contributed by atoms with E-state index in [0.29, 0.717) is 4.77 Å². The van der Waals surface area contributed by atoms with Crippen molar-refractivity contribution in [3.05, 3.63) is 87.0 Å². The topological polar surface area (TPSA) is 84.2 Å². The Bertz CT molecular complexity index is 1210. The number of hydrogen-bond acceptors (Lipinski definition) is 4. The Hall–Kier alpha value is -3.26. The molecule has 0 atom stereocenters. The third-order valence-corrected chi connectivity index (χ3v) is 6.57. The molecule has 0 spiro atoms. The summed E-state index contributed by atoms with van der Waals surface area (Å²) < 4.78 is 3.39. The summed E-state index contributed by atoms with van der Waals surface area (Å²) in [6.45, 7) is 0. The van der Waals surface area contributed by atoms with Crippen molar-refractivity contribution in [2.24, 2.45) is 4.99 Å². The maximum atomic E-state index is 13.4. The lowest BCUT2D eigenvalue weighted by Crippen LogP contribution is -2.39. The first-order chi connectivity index (χ1) is 15.1. The summed E-state index contributed by atoms with van der Waals surface area (Å²) in [7, 11) is 0. The number of aromatic amines is 1.